The number of hydrogen-bond donors (Lipinski definition) is 0. The average Bonchev–Trinajstić information content (AvgIpc) is 2.96. The highest BCUT2D eigenvalue weighted by Crippen LogP contribution is 2.10. The molecule has 2 aromatic heterocycles. The molecule has 106 valence electrons. The van der Waals surface area contributed by atoms with Crippen LogP contribution >= 0.6 is 0 Å². The fraction of sp³-hybridized carbons (Fsp3) is 0.583. The summed E-state index contributed by atoms with van der Waals surface area (Å²) in [7, 11) is 0. The molecule has 0 saturated carbocycles. The number of aryl methyl sites for hydroxylation is 1. The molecule has 3 heterocycles. The fourth-order valence-electron chi connectivity index (χ4n) is 2.42. The molecule has 3 rings (SSSR count). The number of carbonyl (C=O) groups excluding carboxylic acids is 1. The summed E-state index contributed by atoms with van der Waals surface area (Å²) in [6.45, 7) is 8.22. The van der Waals surface area contributed by atoms with Crippen molar-refractivity contribution in [3.63, 3.8) is 0 Å². The van der Waals surface area contributed by atoms with Gasteiger partial charge in [0.1, 0.15) is 6.33 Å². The van der Waals surface area contributed by atoms with E-state index in [9.17, 15) is 4.79 Å². The van der Waals surface area contributed by atoms with Crippen molar-refractivity contribution < 1.29 is 4.79 Å². The molecule has 0 aromatic carbocycles. The van der Waals surface area contributed by atoms with Gasteiger partial charge in [0.15, 0.2) is 5.69 Å². The molecule has 1 amide bonds. The molecular weight excluding hydrogens is 258 g/mol. The van der Waals surface area contributed by atoms with E-state index >= 15 is 0 Å². The first-order chi connectivity index (χ1) is 9.70. The Balaban J connectivity index is 1.84. The van der Waals surface area contributed by atoms with Gasteiger partial charge in [0.05, 0.1) is 5.69 Å². The largest absolute Gasteiger partial charge is 0.335 e. The van der Waals surface area contributed by atoms with E-state index in [4.69, 9.17) is 0 Å². The third-order valence-electron chi connectivity index (χ3n) is 3.74. The highest BCUT2D eigenvalue weighted by atomic mass is 16.2. The quantitative estimate of drug-likeness (QED) is 0.742. The van der Waals surface area contributed by atoms with E-state index in [1.54, 1.807) is 4.52 Å². The summed E-state index contributed by atoms with van der Waals surface area (Å²) in [6, 6.07) is 0. The Kier molecular flexibility index (Phi) is 3.31. The third-order valence-corrected chi connectivity index (χ3v) is 3.74. The molecular formula is C12H17N7O. The number of likely N-dealkylation sites (N-methyl/N-ethyl adjacent to an activating group) is 1. The van der Waals surface area contributed by atoms with Crippen LogP contribution in [0.3, 0.4) is 0 Å². The van der Waals surface area contributed by atoms with Crippen LogP contribution in [0.4, 0.5) is 0 Å². The summed E-state index contributed by atoms with van der Waals surface area (Å²) in [4.78, 5) is 20.6. The maximum Gasteiger partial charge on any atom is 0.276 e. The van der Waals surface area contributed by atoms with Crippen molar-refractivity contribution in [2.24, 2.45) is 0 Å². The van der Waals surface area contributed by atoms with E-state index in [2.05, 4.69) is 32.1 Å². The number of fused-ring (bicyclic) bond motifs is 1. The van der Waals surface area contributed by atoms with Crippen LogP contribution in [0, 0.1) is 6.92 Å². The van der Waals surface area contributed by atoms with Crippen LogP contribution in [-0.2, 0) is 0 Å². The summed E-state index contributed by atoms with van der Waals surface area (Å²) < 4.78 is 1.54. The Morgan fingerprint density at radius 3 is 2.70 bits per heavy atom. The van der Waals surface area contributed by atoms with Crippen molar-refractivity contribution in [1.82, 2.24) is 34.6 Å². The van der Waals surface area contributed by atoms with Crippen molar-refractivity contribution in [2.45, 2.75) is 13.8 Å². The number of aromatic nitrogens is 5. The predicted octanol–water partition coefficient (Wildman–Crippen LogP) is -0.395. The summed E-state index contributed by atoms with van der Waals surface area (Å²) in [6.07, 6.45) is 1.41. The minimum Gasteiger partial charge on any atom is -0.335 e. The van der Waals surface area contributed by atoms with Crippen LogP contribution in [0.5, 0.6) is 0 Å². The van der Waals surface area contributed by atoms with Gasteiger partial charge in [-0.25, -0.2) is 0 Å². The molecule has 0 bridgehead atoms. The second kappa shape index (κ2) is 5.12. The third kappa shape index (κ3) is 2.11. The van der Waals surface area contributed by atoms with E-state index in [0.29, 0.717) is 17.2 Å². The van der Waals surface area contributed by atoms with Gasteiger partial charge < -0.3 is 9.80 Å². The molecule has 1 fully saturated rings. The highest BCUT2D eigenvalue weighted by Gasteiger charge is 2.25. The zero-order valence-corrected chi connectivity index (χ0v) is 11.7. The minimum atomic E-state index is -0.0804. The molecule has 20 heavy (non-hydrogen) atoms. The van der Waals surface area contributed by atoms with E-state index in [-0.39, 0.29) is 5.91 Å². The Morgan fingerprint density at radius 2 is 2.00 bits per heavy atom. The molecule has 0 atom stereocenters. The standard InChI is InChI=1S/C12H17N7O/c1-3-17-4-6-18(7-5-17)11(20)10-9(2)19-12(16-15-10)13-8-14-19/h8H,3-7H2,1-2H3. The Morgan fingerprint density at radius 1 is 1.25 bits per heavy atom. The molecule has 0 unspecified atom stereocenters. The lowest BCUT2D eigenvalue weighted by molar-refractivity contribution is 0.0634. The number of carbonyl (C=O) groups is 1. The Bertz CT molecular complexity index is 630. The van der Waals surface area contributed by atoms with Gasteiger partial charge in [0, 0.05) is 26.2 Å². The van der Waals surface area contributed by atoms with Gasteiger partial charge in [-0.3, -0.25) is 4.79 Å². The molecule has 0 spiro atoms. The summed E-state index contributed by atoms with van der Waals surface area (Å²) >= 11 is 0. The molecule has 0 aliphatic carbocycles. The summed E-state index contributed by atoms with van der Waals surface area (Å²) in [5.41, 5.74) is 1.03. The van der Waals surface area contributed by atoms with E-state index < -0.39 is 0 Å². The summed E-state index contributed by atoms with van der Waals surface area (Å²) in [5.74, 6) is 0.331. The van der Waals surface area contributed by atoms with Gasteiger partial charge in [-0.05, 0) is 13.5 Å². The molecule has 2 aromatic rings. The van der Waals surface area contributed by atoms with E-state index in [1.807, 2.05) is 11.8 Å². The minimum absolute atomic E-state index is 0.0804. The lowest BCUT2D eigenvalue weighted by atomic mass is 10.2. The van der Waals surface area contributed by atoms with E-state index in [1.165, 1.54) is 6.33 Å². The smallest absolute Gasteiger partial charge is 0.276 e. The van der Waals surface area contributed by atoms with Gasteiger partial charge >= 0.3 is 0 Å². The van der Waals surface area contributed by atoms with Gasteiger partial charge in [0.25, 0.3) is 11.7 Å². The molecule has 0 radical (unpaired) electrons. The van der Waals surface area contributed by atoms with Crippen LogP contribution in [0.15, 0.2) is 6.33 Å². The monoisotopic (exact) mass is 275 g/mol. The maximum absolute atomic E-state index is 12.5. The zero-order valence-electron chi connectivity index (χ0n) is 11.7. The van der Waals surface area contributed by atoms with Gasteiger partial charge in [-0.1, -0.05) is 6.92 Å². The molecule has 8 heteroatoms. The second-order valence-corrected chi connectivity index (χ2v) is 4.83. The number of rotatable bonds is 2. The van der Waals surface area contributed by atoms with Gasteiger partial charge in [0.2, 0.25) is 0 Å². The number of piperazine rings is 1. The predicted molar refractivity (Wildman–Crippen MR) is 71.3 cm³/mol. The Labute approximate surface area is 116 Å². The van der Waals surface area contributed by atoms with Gasteiger partial charge in [-0.2, -0.15) is 14.6 Å². The summed E-state index contributed by atoms with van der Waals surface area (Å²) in [5, 5.41) is 12.0. The second-order valence-electron chi connectivity index (χ2n) is 4.83. The highest BCUT2D eigenvalue weighted by molar-refractivity contribution is 5.93. The van der Waals surface area contributed by atoms with Crippen molar-refractivity contribution in [3.8, 4) is 0 Å². The van der Waals surface area contributed by atoms with Gasteiger partial charge in [-0.15, -0.1) is 10.2 Å². The van der Waals surface area contributed by atoms with Crippen LogP contribution < -0.4 is 0 Å². The number of nitrogens with zero attached hydrogens (tertiary/aromatic N) is 7. The average molecular weight is 275 g/mol. The lowest BCUT2D eigenvalue weighted by Gasteiger charge is -2.33. The van der Waals surface area contributed by atoms with Crippen molar-refractivity contribution in [2.75, 3.05) is 32.7 Å². The first-order valence-electron chi connectivity index (χ1n) is 6.75. The normalized spacial score (nSPS) is 16.8. The van der Waals surface area contributed by atoms with Crippen LogP contribution in [0.1, 0.15) is 23.1 Å². The first-order valence-corrected chi connectivity index (χ1v) is 6.75. The number of hydrogen-bond acceptors (Lipinski definition) is 6. The number of amides is 1. The molecule has 8 nitrogen and oxygen atoms in total. The van der Waals surface area contributed by atoms with Crippen LogP contribution in [-0.4, -0.2) is 73.2 Å². The Hall–Kier alpha value is -2.09. The molecule has 1 aliphatic rings. The topological polar surface area (TPSA) is 79.5 Å². The van der Waals surface area contributed by atoms with E-state index in [0.717, 1.165) is 32.7 Å². The lowest BCUT2D eigenvalue weighted by Crippen LogP contribution is -2.48. The van der Waals surface area contributed by atoms with Crippen LogP contribution in [0.25, 0.3) is 5.78 Å². The van der Waals surface area contributed by atoms with Crippen LogP contribution in [0.2, 0.25) is 0 Å². The van der Waals surface area contributed by atoms with Crippen molar-refractivity contribution in [3.05, 3.63) is 17.7 Å². The van der Waals surface area contributed by atoms with Crippen molar-refractivity contribution in [1.29, 1.82) is 0 Å². The first kappa shape index (κ1) is 12.9. The SMILES string of the molecule is CCN1CCN(C(=O)c2nnc3ncnn3c2C)CC1. The zero-order chi connectivity index (χ0) is 14.1. The molecule has 0 N–H and O–H groups in total. The van der Waals surface area contributed by atoms with Crippen molar-refractivity contribution >= 4 is 11.7 Å². The molecule has 1 saturated heterocycles. The molecule has 1 aliphatic heterocycles. The fourth-order valence-corrected chi connectivity index (χ4v) is 2.42. The maximum atomic E-state index is 12.5.